The molecule has 0 radical (unpaired) electrons. The minimum absolute atomic E-state index is 0.279. The zero-order valence-corrected chi connectivity index (χ0v) is 12.9. The highest BCUT2D eigenvalue weighted by Gasteiger charge is 2.31. The molecule has 120 valence electrons. The maximum absolute atomic E-state index is 11.7. The van der Waals surface area contributed by atoms with E-state index in [9.17, 15) is 15.0 Å². The van der Waals surface area contributed by atoms with E-state index in [1.54, 1.807) is 12.1 Å². The molecule has 0 aliphatic carbocycles. The van der Waals surface area contributed by atoms with Crippen LogP contribution in [0, 0.1) is 0 Å². The normalized spacial score (nSPS) is 17.7. The standard InChI is InChI=1S/C19H21NO3/c21-17-8-6-14(7-9-17)15-10-12-20(13-11-15)18(19(22)23)16-4-2-1-3-5-16/h1-9,15,18,21H,10-13H2,(H,22,23). The molecule has 0 bridgehead atoms. The third-order valence-electron chi connectivity index (χ3n) is 4.61. The fourth-order valence-electron chi connectivity index (χ4n) is 3.38. The number of phenols is 1. The van der Waals surface area contributed by atoms with Crippen molar-refractivity contribution < 1.29 is 15.0 Å². The molecular weight excluding hydrogens is 290 g/mol. The number of aromatic hydroxyl groups is 1. The van der Waals surface area contributed by atoms with Gasteiger partial charge in [-0.2, -0.15) is 0 Å². The number of rotatable bonds is 4. The predicted octanol–water partition coefficient (Wildman–Crippen LogP) is 3.40. The van der Waals surface area contributed by atoms with Gasteiger partial charge in [-0.15, -0.1) is 0 Å². The van der Waals surface area contributed by atoms with Crippen LogP contribution in [0.1, 0.15) is 35.9 Å². The van der Waals surface area contributed by atoms with Crippen LogP contribution in [-0.2, 0) is 4.79 Å². The number of nitrogens with zero attached hydrogens (tertiary/aromatic N) is 1. The summed E-state index contributed by atoms with van der Waals surface area (Å²) in [5.74, 6) is -0.0856. The Morgan fingerprint density at radius 1 is 1.00 bits per heavy atom. The van der Waals surface area contributed by atoms with Gasteiger partial charge in [0, 0.05) is 0 Å². The van der Waals surface area contributed by atoms with Gasteiger partial charge in [0.05, 0.1) is 0 Å². The maximum atomic E-state index is 11.7. The summed E-state index contributed by atoms with van der Waals surface area (Å²) in [4.78, 5) is 13.8. The number of carboxylic acid groups (broad SMARTS) is 1. The number of carboxylic acids is 1. The van der Waals surface area contributed by atoms with E-state index in [1.165, 1.54) is 5.56 Å². The fourth-order valence-corrected chi connectivity index (χ4v) is 3.38. The number of phenolic OH excluding ortho intramolecular Hbond substituents is 1. The maximum Gasteiger partial charge on any atom is 0.325 e. The second-order valence-electron chi connectivity index (χ2n) is 6.05. The Labute approximate surface area is 136 Å². The Bertz CT molecular complexity index is 646. The quantitative estimate of drug-likeness (QED) is 0.908. The first-order valence-corrected chi connectivity index (χ1v) is 7.96. The van der Waals surface area contributed by atoms with Crippen molar-refractivity contribution in [3.8, 4) is 5.75 Å². The van der Waals surface area contributed by atoms with Crippen molar-refractivity contribution in [1.82, 2.24) is 4.90 Å². The lowest BCUT2D eigenvalue weighted by Crippen LogP contribution is -2.39. The van der Waals surface area contributed by atoms with Gasteiger partial charge in [0.2, 0.25) is 0 Å². The number of likely N-dealkylation sites (tertiary alicyclic amines) is 1. The molecule has 2 aromatic carbocycles. The number of aliphatic carboxylic acids is 1. The molecule has 1 unspecified atom stereocenters. The molecule has 0 saturated carbocycles. The molecule has 0 spiro atoms. The Hall–Kier alpha value is -2.33. The van der Waals surface area contributed by atoms with E-state index >= 15 is 0 Å². The van der Waals surface area contributed by atoms with Crippen molar-refractivity contribution in [2.24, 2.45) is 0 Å². The van der Waals surface area contributed by atoms with Gasteiger partial charge in [-0.25, -0.2) is 0 Å². The van der Waals surface area contributed by atoms with E-state index in [0.717, 1.165) is 31.5 Å². The van der Waals surface area contributed by atoms with Crippen LogP contribution in [0.25, 0.3) is 0 Å². The second kappa shape index (κ2) is 6.84. The summed E-state index contributed by atoms with van der Waals surface area (Å²) in [6.07, 6.45) is 1.86. The lowest BCUT2D eigenvalue weighted by molar-refractivity contribution is -0.144. The smallest absolute Gasteiger partial charge is 0.325 e. The molecule has 1 atom stereocenters. The summed E-state index contributed by atoms with van der Waals surface area (Å²) in [6.45, 7) is 1.52. The van der Waals surface area contributed by atoms with Gasteiger partial charge in [0.1, 0.15) is 11.8 Å². The average Bonchev–Trinajstić information content (AvgIpc) is 2.57. The third-order valence-corrected chi connectivity index (χ3v) is 4.61. The monoisotopic (exact) mass is 311 g/mol. The van der Waals surface area contributed by atoms with Crippen LogP contribution >= 0.6 is 0 Å². The molecule has 1 aliphatic rings. The summed E-state index contributed by atoms with van der Waals surface area (Å²) in [5, 5.41) is 19.0. The van der Waals surface area contributed by atoms with E-state index in [0.29, 0.717) is 5.92 Å². The van der Waals surface area contributed by atoms with Gasteiger partial charge in [0.15, 0.2) is 0 Å². The van der Waals surface area contributed by atoms with Gasteiger partial charge in [-0.05, 0) is 55.1 Å². The topological polar surface area (TPSA) is 60.8 Å². The van der Waals surface area contributed by atoms with Crippen molar-refractivity contribution in [3.05, 3.63) is 65.7 Å². The lowest BCUT2D eigenvalue weighted by atomic mass is 9.88. The molecule has 1 saturated heterocycles. The van der Waals surface area contributed by atoms with Gasteiger partial charge in [-0.3, -0.25) is 9.69 Å². The molecule has 4 heteroatoms. The van der Waals surface area contributed by atoms with Crippen LogP contribution in [-0.4, -0.2) is 34.2 Å². The highest BCUT2D eigenvalue weighted by Crippen LogP contribution is 2.33. The molecule has 23 heavy (non-hydrogen) atoms. The van der Waals surface area contributed by atoms with Crippen LogP contribution in [0.2, 0.25) is 0 Å². The summed E-state index contributed by atoms with van der Waals surface area (Å²) < 4.78 is 0. The molecule has 4 nitrogen and oxygen atoms in total. The Morgan fingerprint density at radius 2 is 1.61 bits per heavy atom. The number of piperidine rings is 1. The summed E-state index contributed by atoms with van der Waals surface area (Å²) in [5.41, 5.74) is 2.05. The average molecular weight is 311 g/mol. The molecule has 2 aromatic rings. The molecule has 2 N–H and O–H groups in total. The molecule has 1 aliphatic heterocycles. The van der Waals surface area contributed by atoms with Crippen LogP contribution in [0.5, 0.6) is 5.75 Å². The fraction of sp³-hybridized carbons (Fsp3) is 0.316. The Morgan fingerprint density at radius 3 is 2.17 bits per heavy atom. The van der Waals surface area contributed by atoms with Gasteiger partial charge in [-0.1, -0.05) is 42.5 Å². The van der Waals surface area contributed by atoms with Gasteiger partial charge < -0.3 is 10.2 Å². The SMILES string of the molecule is O=C(O)C(c1ccccc1)N1CCC(c2ccc(O)cc2)CC1. The summed E-state index contributed by atoms with van der Waals surface area (Å²) in [6, 6.07) is 16.2. The predicted molar refractivity (Wildman–Crippen MR) is 88.5 cm³/mol. The van der Waals surface area contributed by atoms with E-state index in [2.05, 4.69) is 4.90 Å². The van der Waals surface area contributed by atoms with Crippen LogP contribution in [0.4, 0.5) is 0 Å². The minimum Gasteiger partial charge on any atom is -0.508 e. The van der Waals surface area contributed by atoms with Crippen molar-refractivity contribution >= 4 is 5.97 Å². The highest BCUT2D eigenvalue weighted by atomic mass is 16.4. The first-order chi connectivity index (χ1) is 11.1. The Kier molecular flexibility index (Phi) is 4.63. The Balaban J connectivity index is 1.69. The zero-order valence-electron chi connectivity index (χ0n) is 12.9. The number of benzene rings is 2. The van der Waals surface area contributed by atoms with Crippen LogP contribution in [0.3, 0.4) is 0 Å². The zero-order chi connectivity index (χ0) is 16.2. The van der Waals surface area contributed by atoms with Gasteiger partial charge in [0.25, 0.3) is 0 Å². The molecule has 0 aromatic heterocycles. The number of carbonyl (C=O) groups is 1. The molecule has 1 fully saturated rings. The van der Waals surface area contributed by atoms with E-state index in [-0.39, 0.29) is 5.75 Å². The second-order valence-corrected chi connectivity index (χ2v) is 6.05. The molecule has 3 rings (SSSR count). The van der Waals surface area contributed by atoms with Gasteiger partial charge >= 0.3 is 5.97 Å². The first kappa shape index (κ1) is 15.6. The van der Waals surface area contributed by atoms with E-state index < -0.39 is 12.0 Å². The minimum atomic E-state index is -0.792. The van der Waals surface area contributed by atoms with Crippen molar-refractivity contribution in [2.75, 3.05) is 13.1 Å². The first-order valence-electron chi connectivity index (χ1n) is 7.96. The molecule has 1 heterocycles. The third kappa shape index (κ3) is 3.54. The highest BCUT2D eigenvalue weighted by molar-refractivity contribution is 5.75. The summed E-state index contributed by atoms with van der Waals surface area (Å²) in [7, 11) is 0. The summed E-state index contributed by atoms with van der Waals surface area (Å²) >= 11 is 0. The van der Waals surface area contributed by atoms with E-state index in [4.69, 9.17) is 0 Å². The van der Waals surface area contributed by atoms with Crippen LogP contribution < -0.4 is 0 Å². The largest absolute Gasteiger partial charge is 0.508 e. The van der Waals surface area contributed by atoms with E-state index in [1.807, 2.05) is 42.5 Å². The van der Waals surface area contributed by atoms with Crippen LogP contribution in [0.15, 0.2) is 54.6 Å². The van der Waals surface area contributed by atoms with Crippen molar-refractivity contribution in [3.63, 3.8) is 0 Å². The molecular formula is C19H21NO3. The number of hydrogen-bond acceptors (Lipinski definition) is 3. The lowest BCUT2D eigenvalue weighted by Gasteiger charge is -2.36. The number of hydrogen-bond donors (Lipinski definition) is 2. The van der Waals surface area contributed by atoms with Crippen molar-refractivity contribution in [1.29, 1.82) is 0 Å². The molecule has 0 amide bonds. The van der Waals surface area contributed by atoms with Crippen molar-refractivity contribution in [2.45, 2.75) is 24.8 Å².